The first-order chi connectivity index (χ1) is 11.0. The molecule has 0 aliphatic carbocycles. The molecule has 0 fully saturated rings. The molecule has 0 aliphatic heterocycles. The quantitative estimate of drug-likeness (QED) is 0.804. The summed E-state index contributed by atoms with van der Waals surface area (Å²) in [4.78, 5) is 22.6. The lowest BCUT2D eigenvalue weighted by atomic mass is 10.1. The number of carboxylic acids is 1. The summed E-state index contributed by atoms with van der Waals surface area (Å²) in [5, 5.41) is 11.3. The molecule has 0 bridgehead atoms. The highest BCUT2D eigenvalue weighted by Crippen LogP contribution is 2.11. The molecule has 4 nitrogen and oxygen atoms in total. The number of amides is 1. The van der Waals surface area contributed by atoms with E-state index in [2.05, 4.69) is 5.32 Å². The van der Waals surface area contributed by atoms with Crippen LogP contribution in [0, 0.1) is 11.6 Å². The van der Waals surface area contributed by atoms with E-state index in [9.17, 15) is 18.4 Å². The van der Waals surface area contributed by atoms with E-state index in [1.54, 1.807) is 12.1 Å². The Morgan fingerprint density at radius 1 is 1.09 bits per heavy atom. The van der Waals surface area contributed by atoms with Gasteiger partial charge >= 0.3 is 5.97 Å². The molecular weight excluding hydrogens is 304 g/mol. The zero-order chi connectivity index (χ0) is 16.8. The lowest BCUT2D eigenvalue weighted by molar-refractivity contribution is 0.0695. The van der Waals surface area contributed by atoms with E-state index in [4.69, 9.17) is 5.11 Å². The van der Waals surface area contributed by atoms with Gasteiger partial charge in [0.2, 0.25) is 0 Å². The normalized spacial score (nSPS) is 10.3. The molecule has 1 amide bonds. The van der Waals surface area contributed by atoms with Gasteiger partial charge in [0.25, 0.3) is 5.91 Å². The molecule has 0 aromatic heterocycles. The topological polar surface area (TPSA) is 66.4 Å². The number of benzene rings is 2. The molecule has 0 unspecified atom stereocenters. The highest BCUT2D eigenvalue weighted by Gasteiger charge is 2.13. The molecule has 2 rings (SSSR count). The van der Waals surface area contributed by atoms with Crippen molar-refractivity contribution in [1.82, 2.24) is 5.32 Å². The number of carbonyl (C=O) groups excluding carboxylic acids is 1. The Morgan fingerprint density at radius 2 is 1.87 bits per heavy atom. The van der Waals surface area contributed by atoms with Gasteiger partial charge in [-0.15, -0.1) is 0 Å². The number of carbonyl (C=O) groups is 2. The van der Waals surface area contributed by atoms with Crippen molar-refractivity contribution in [1.29, 1.82) is 0 Å². The SMILES string of the molecule is O=C(O)c1ccc(C(=O)NCCCc2cccc(F)c2)c(F)c1. The average molecular weight is 319 g/mol. The minimum atomic E-state index is -1.26. The fourth-order valence-corrected chi connectivity index (χ4v) is 2.11. The lowest BCUT2D eigenvalue weighted by Gasteiger charge is -2.07. The molecule has 0 saturated heterocycles. The van der Waals surface area contributed by atoms with Gasteiger partial charge in [0, 0.05) is 6.54 Å². The van der Waals surface area contributed by atoms with Crippen LogP contribution in [-0.2, 0) is 6.42 Å². The van der Waals surface area contributed by atoms with Crippen LogP contribution in [0.1, 0.15) is 32.7 Å². The van der Waals surface area contributed by atoms with Crippen LogP contribution in [0.15, 0.2) is 42.5 Å². The molecule has 0 atom stereocenters. The zero-order valence-electron chi connectivity index (χ0n) is 12.2. The van der Waals surface area contributed by atoms with Crippen molar-refractivity contribution >= 4 is 11.9 Å². The predicted octanol–water partition coefficient (Wildman–Crippen LogP) is 3.03. The van der Waals surface area contributed by atoms with Crippen LogP contribution in [0.3, 0.4) is 0 Å². The number of halogens is 2. The van der Waals surface area contributed by atoms with E-state index < -0.39 is 17.7 Å². The maximum Gasteiger partial charge on any atom is 0.335 e. The number of aryl methyl sites for hydroxylation is 1. The molecule has 2 aromatic rings. The minimum absolute atomic E-state index is 0.208. The number of hydrogen-bond acceptors (Lipinski definition) is 2. The largest absolute Gasteiger partial charge is 0.478 e. The molecule has 0 saturated carbocycles. The van der Waals surface area contributed by atoms with Crippen molar-refractivity contribution in [3.05, 3.63) is 70.8 Å². The van der Waals surface area contributed by atoms with Crippen molar-refractivity contribution in [2.75, 3.05) is 6.54 Å². The molecule has 0 heterocycles. The van der Waals surface area contributed by atoms with Crippen molar-refractivity contribution < 1.29 is 23.5 Å². The Labute approximate surface area is 131 Å². The van der Waals surface area contributed by atoms with Crippen LogP contribution in [0.4, 0.5) is 8.78 Å². The Bertz CT molecular complexity index is 732. The van der Waals surface area contributed by atoms with Gasteiger partial charge in [0.15, 0.2) is 0 Å². The van der Waals surface area contributed by atoms with Crippen LogP contribution in [0.5, 0.6) is 0 Å². The van der Waals surface area contributed by atoms with Crippen LogP contribution >= 0.6 is 0 Å². The molecule has 120 valence electrons. The second kappa shape index (κ2) is 7.49. The Kier molecular flexibility index (Phi) is 5.41. The van der Waals surface area contributed by atoms with Gasteiger partial charge in [-0.1, -0.05) is 12.1 Å². The molecule has 23 heavy (non-hydrogen) atoms. The van der Waals surface area contributed by atoms with Gasteiger partial charge in [-0.3, -0.25) is 4.79 Å². The second-order valence-electron chi connectivity index (χ2n) is 4.99. The fraction of sp³-hybridized carbons (Fsp3) is 0.176. The molecule has 0 radical (unpaired) electrons. The highest BCUT2D eigenvalue weighted by atomic mass is 19.1. The van der Waals surface area contributed by atoms with Gasteiger partial charge in [-0.05, 0) is 48.7 Å². The summed E-state index contributed by atoms with van der Waals surface area (Å²) in [6.45, 7) is 0.301. The summed E-state index contributed by atoms with van der Waals surface area (Å²) in [5.41, 5.74) is 0.391. The first-order valence-electron chi connectivity index (χ1n) is 7.03. The third-order valence-electron chi connectivity index (χ3n) is 3.28. The average Bonchev–Trinajstić information content (AvgIpc) is 2.51. The highest BCUT2D eigenvalue weighted by molar-refractivity contribution is 5.96. The summed E-state index contributed by atoms with van der Waals surface area (Å²) in [5.74, 6) is -3.07. The van der Waals surface area contributed by atoms with Gasteiger partial charge in [0.05, 0.1) is 11.1 Å². The van der Waals surface area contributed by atoms with E-state index in [-0.39, 0.29) is 16.9 Å². The van der Waals surface area contributed by atoms with Gasteiger partial charge < -0.3 is 10.4 Å². The number of carboxylic acid groups (broad SMARTS) is 1. The maximum atomic E-state index is 13.7. The number of aromatic carboxylic acids is 1. The Balaban J connectivity index is 1.86. The molecule has 0 spiro atoms. The van der Waals surface area contributed by atoms with Crippen molar-refractivity contribution in [3.63, 3.8) is 0 Å². The van der Waals surface area contributed by atoms with Crippen LogP contribution in [0.2, 0.25) is 0 Å². The van der Waals surface area contributed by atoms with E-state index in [1.807, 2.05) is 0 Å². The summed E-state index contributed by atoms with van der Waals surface area (Å²) in [7, 11) is 0. The molecular formula is C17H15F2NO3. The van der Waals surface area contributed by atoms with Crippen molar-refractivity contribution in [2.45, 2.75) is 12.8 Å². The first kappa shape index (κ1) is 16.6. The minimum Gasteiger partial charge on any atom is -0.478 e. The Morgan fingerprint density at radius 3 is 2.52 bits per heavy atom. The van der Waals surface area contributed by atoms with Gasteiger partial charge in [-0.2, -0.15) is 0 Å². The maximum absolute atomic E-state index is 13.7. The Hall–Kier alpha value is -2.76. The molecule has 6 heteroatoms. The van der Waals surface area contributed by atoms with E-state index in [0.29, 0.717) is 19.4 Å². The van der Waals surface area contributed by atoms with Gasteiger partial charge in [-0.25, -0.2) is 13.6 Å². The van der Waals surface area contributed by atoms with Crippen LogP contribution in [-0.4, -0.2) is 23.5 Å². The summed E-state index contributed by atoms with van der Waals surface area (Å²) >= 11 is 0. The first-order valence-corrected chi connectivity index (χ1v) is 7.03. The monoisotopic (exact) mass is 319 g/mol. The third kappa shape index (κ3) is 4.60. The molecule has 2 aromatic carbocycles. The summed E-state index contributed by atoms with van der Waals surface area (Å²) < 4.78 is 26.7. The van der Waals surface area contributed by atoms with Crippen LogP contribution in [0.25, 0.3) is 0 Å². The van der Waals surface area contributed by atoms with Crippen LogP contribution < -0.4 is 5.32 Å². The van der Waals surface area contributed by atoms with Gasteiger partial charge in [0.1, 0.15) is 11.6 Å². The molecule has 0 aliphatic rings. The smallest absolute Gasteiger partial charge is 0.335 e. The van der Waals surface area contributed by atoms with Crippen molar-refractivity contribution in [2.24, 2.45) is 0 Å². The van der Waals surface area contributed by atoms with Crippen molar-refractivity contribution in [3.8, 4) is 0 Å². The predicted molar refractivity (Wildman–Crippen MR) is 80.4 cm³/mol. The number of rotatable bonds is 6. The van der Waals surface area contributed by atoms with E-state index in [0.717, 1.165) is 17.7 Å². The number of hydrogen-bond donors (Lipinski definition) is 2. The summed E-state index contributed by atoms with van der Waals surface area (Å²) in [6.07, 6.45) is 1.16. The van der Waals surface area contributed by atoms with E-state index >= 15 is 0 Å². The number of nitrogens with one attached hydrogen (secondary N) is 1. The van der Waals surface area contributed by atoms with E-state index in [1.165, 1.54) is 18.2 Å². The lowest BCUT2D eigenvalue weighted by Crippen LogP contribution is -2.25. The summed E-state index contributed by atoms with van der Waals surface area (Å²) in [6, 6.07) is 9.30. The second-order valence-corrected chi connectivity index (χ2v) is 4.99. The zero-order valence-corrected chi connectivity index (χ0v) is 12.2. The standard InChI is InChI=1S/C17H15F2NO3/c18-13-5-1-3-11(9-13)4-2-8-20-16(21)14-7-6-12(17(22)23)10-15(14)19/h1,3,5-7,9-10H,2,4,8H2,(H,20,21)(H,22,23). The fourth-order valence-electron chi connectivity index (χ4n) is 2.11. The molecule has 2 N–H and O–H groups in total. The third-order valence-corrected chi connectivity index (χ3v) is 3.28.